The number of aromatic carboxylic acids is 1. The Morgan fingerprint density at radius 3 is 2.22 bits per heavy atom. The molecule has 0 aliphatic rings. The van der Waals surface area contributed by atoms with Crippen molar-refractivity contribution in [2.75, 3.05) is 0 Å². The highest BCUT2D eigenvalue weighted by Crippen LogP contribution is 2.15. The highest BCUT2D eigenvalue weighted by atomic mass is 16.4. The molecule has 2 nitrogen and oxygen atoms in total. The molecule has 0 saturated heterocycles. The van der Waals surface area contributed by atoms with Crippen LogP contribution in [0.2, 0.25) is 0 Å². The lowest BCUT2D eigenvalue weighted by molar-refractivity contribution is 0.0696. The molecule has 2 rings (SSSR count). The Kier molecular flexibility index (Phi) is 3.47. The van der Waals surface area contributed by atoms with Gasteiger partial charge in [-0.05, 0) is 43.0 Å². The minimum Gasteiger partial charge on any atom is -0.478 e. The normalized spacial score (nSPS) is 10.3. The summed E-state index contributed by atoms with van der Waals surface area (Å²) in [5.74, 6) is -0.863. The Bertz CT molecular complexity index is 568. The average molecular weight is 240 g/mol. The van der Waals surface area contributed by atoms with E-state index < -0.39 is 5.97 Å². The van der Waals surface area contributed by atoms with E-state index in [2.05, 4.69) is 31.2 Å². The third kappa shape index (κ3) is 2.77. The van der Waals surface area contributed by atoms with Gasteiger partial charge in [0.2, 0.25) is 0 Å². The summed E-state index contributed by atoms with van der Waals surface area (Å²) < 4.78 is 0. The summed E-state index contributed by atoms with van der Waals surface area (Å²) in [7, 11) is 0. The molecule has 0 aromatic heterocycles. The third-order valence-corrected chi connectivity index (χ3v) is 3.06. The van der Waals surface area contributed by atoms with E-state index in [9.17, 15) is 4.79 Å². The molecular formula is C16H16O2. The molecule has 0 aliphatic carbocycles. The molecule has 0 fully saturated rings. The molecule has 0 radical (unpaired) electrons. The summed E-state index contributed by atoms with van der Waals surface area (Å²) in [5, 5.41) is 9.09. The van der Waals surface area contributed by atoms with E-state index in [-0.39, 0.29) is 0 Å². The van der Waals surface area contributed by atoms with Crippen LogP contribution >= 0.6 is 0 Å². The second-order valence-corrected chi connectivity index (χ2v) is 4.62. The molecule has 2 aromatic rings. The third-order valence-electron chi connectivity index (χ3n) is 3.06. The Morgan fingerprint density at radius 1 is 1.00 bits per heavy atom. The number of carboxylic acid groups (broad SMARTS) is 1. The van der Waals surface area contributed by atoms with Gasteiger partial charge in [-0.25, -0.2) is 4.79 Å². The van der Waals surface area contributed by atoms with Gasteiger partial charge in [0, 0.05) is 0 Å². The van der Waals surface area contributed by atoms with Gasteiger partial charge in [0.05, 0.1) is 5.56 Å². The number of hydrogen-bond acceptors (Lipinski definition) is 1. The second-order valence-electron chi connectivity index (χ2n) is 4.62. The van der Waals surface area contributed by atoms with Gasteiger partial charge in [0.25, 0.3) is 0 Å². The van der Waals surface area contributed by atoms with Crippen LogP contribution in [0.3, 0.4) is 0 Å². The molecule has 92 valence electrons. The SMILES string of the molecule is Cc1ccc(Cc2ccc(C)c(C(=O)O)c2)cc1. The van der Waals surface area contributed by atoms with Gasteiger partial charge >= 0.3 is 5.97 Å². The summed E-state index contributed by atoms with van der Waals surface area (Å²) in [6.45, 7) is 3.87. The first-order valence-electron chi connectivity index (χ1n) is 5.94. The Hall–Kier alpha value is -2.09. The average Bonchev–Trinajstić information content (AvgIpc) is 2.34. The molecule has 1 N–H and O–H groups in total. The molecule has 0 heterocycles. The van der Waals surface area contributed by atoms with Crippen molar-refractivity contribution in [1.29, 1.82) is 0 Å². The van der Waals surface area contributed by atoms with Gasteiger partial charge in [-0.3, -0.25) is 0 Å². The van der Waals surface area contributed by atoms with Crippen molar-refractivity contribution in [1.82, 2.24) is 0 Å². The summed E-state index contributed by atoms with van der Waals surface area (Å²) >= 11 is 0. The summed E-state index contributed by atoms with van der Waals surface area (Å²) in [4.78, 5) is 11.1. The molecule has 0 bridgehead atoms. The number of aryl methyl sites for hydroxylation is 2. The van der Waals surface area contributed by atoms with Gasteiger partial charge in [0.15, 0.2) is 0 Å². The largest absolute Gasteiger partial charge is 0.478 e. The van der Waals surface area contributed by atoms with Gasteiger partial charge < -0.3 is 5.11 Å². The van der Waals surface area contributed by atoms with Crippen LogP contribution in [0.1, 0.15) is 32.6 Å². The van der Waals surface area contributed by atoms with Gasteiger partial charge in [-0.15, -0.1) is 0 Å². The first kappa shape index (κ1) is 12.4. The Balaban J connectivity index is 2.27. The van der Waals surface area contributed by atoms with Crippen molar-refractivity contribution in [3.63, 3.8) is 0 Å². The minimum absolute atomic E-state index is 0.389. The lowest BCUT2D eigenvalue weighted by Gasteiger charge is -2.06. The van der Waals surface area contributed by atoms with Crippen LogP contribution < -0.4 is 0 Å². The van der Waals surface area contributed by atoms with E-state index in [1.165, 1.54) is 11.1 Å². The van der Waals surface area contributed by atoms with Gasteiger partial charge in [-0.1, -0.05) is 42.0 Å². The summed E-state index contributed by atoms with van der Waals surface area (Å²) in [6, 6.07) is 13.9. The van der Waals surface area contributed by atoms with Crippen LogP contribution in [-0.4, -0.2) is 11.1 Å². The Labute approximate surface area is 107 Å². The zero-order valence-electron chi connectivity index (χ0n) is 10.6. The van der Waals surface area contributed by atoms with E-state index in [0.29, 0.717) is 5.56 Å². The number of carbonyl (C=O) groups is 1. The molecule has 0 aliphatic heterocycles. The maximum absolute atomic E-state index is 11.1. The van der Waals surface area contributed by atoms with Crippen molar-refractivity contribution < 1.29 is 9.90 Å². The summed E-state index contributed by atoms with van der Waals surface area (Å²) in [5.41, 5.74) is 4.64. The maximum atomic E-state index is 11.1. The van der Waals surface area contributed by atoms with E-state index in [1.54, 1.807) is 6.07 Å². The number of rotatable bonds is 3. The zero-order chi connectivity index (χ0) is 13.1. The molecule has 0 saturated carbocycles. The number of carboxylic acids is 1. The van der Waals surface area contributed by atoms with E-state index >= 15 is 0 Å². The van der Waals surface area contributed by atoms with Crippen molar-refractivity contribution in [2.45, 2.75) is 20.3 Å². The lowest BCUT2D eigenvalue weighted by Crippen LogP contribution is -2.01. The fourth-order valence-corrected chi connectivity index (χ4v) is 1.95. The monoisotopic (exact) mass is 240 g/mol. The van der Waals surface area contributed by atoms with Crippen molar-refractivity contribution in [2.24, 2.45) is 0 Å². The smallest absolute Gasteiger partial charge is 0.335 e. The fourth-order valence-electron chi connectivity index (χ4n) is 1.95. The van der Waals surface area contributed by atoms with Crippen LogP contribution in [0.15, 0.2) is 42.5 Å². The minimum atomic E-state index is -0.863. The molecule has 0 amide bonds. The molecule has 2 heteroatoms. The van der Waals surface area contributed by atoms with Crippen LogP contribution in [0.4, 0.5) is 0 Å². The highest BCUT2D eigenvalue weighted by Gasteiger charge is 2.07. The van der Waals surface area contributed by atoms with E-state index in [0.717, 1.165) is 17.5 Å². The standard InChI is InChI=1S/C16H16O2/c1-11-3-6-13(7-4-11)9-14-8-5-12(2)15(10-14)16(17)18/h3-8,10H,9H2,1-2H3,(H,17,18). The highest BCUT2D eigenvalue weighted by molar-refractivity contribution is 5.89. The van der Waals surface area contributed by atoms with Gasteiger partial charge in [-0.2, -0.15) is 0 Å². The molecule has 0 atom stereocenters. The maximum Gasteiger partial charge on any atom is 0.335 e. The summed E-state index contributed by atoms with van der Waals surface area (Å²) in [6.07, 6.45) is 0.765. The van der Waals surface area contributed by atoms with Crippen LogP contribution in [-0.2, 0) is 6.42 Å². The molecule has 0 spiro atoms. The van der Waals surface area contributed by atoms with Crippen LogP contribution in [0.25, 0.3) is 0 Å². The number of benzene rings is 2. The predicted molar refractivity (Wildman–Crippen MR) is 72.1 cm³/mol. The molecule has 0 unspecified atom stereocenters. The predicted octanol–water partition coefficient (Wildman–Crippen LogP) is 3.59. The quantitative estimate of drug-likeness (QED) is 0.890. The fraction of sp³-hybridized carbons (Fsp3) is 0.188. The van der Waals surface area contributed by atoms with E-state index in [1.807, 2.05) is 19.1 Å². The molecule has 2 aromatic carbocycles. The van der Waals surface area contributed by atoms with Crippen molar-refractivity contribution >= 4 is 5.97 Å². The van der Waals surface area contributed by atoms with Crippen LogP contribution in [0, 0.1) is 13.8 Å². The van der Waals surface area contributed by atoms with E-state index in [4.69, 9.17) is 5.11 Å². The van der Waals surface area contributed by atoms with Crippen molar-refractivity contribution in [3.8, 4) is 0 Å². The van der Waals surface area contributed by atoms with Gasteiger partial charge in [0.1, 0.15) is 0 Å². The van der Waals surface area contributed by atoms with Crippen LogP contribution in [0.5, 0.6) is 0 Å². The Morgan fingerprint density at radius 2 is 1.61 bits per heavy atom. The lowest BCUT2D eigenvalue weighted by atomic mass is 9.99. The zero-order valence-corrected chi connectivity index (χ0v) is 10.6. The first-order valence-corrected chi connectivity index (χ1v) is 5.94. The van der Waals surface area contributed by atoms with Crippen molar-refractivity contribution in [3.05, 3.63) is 70.3 Å². The molecular weight excluding hydrogens is 224 g/mol. The molecule has 18 heavy (non-hydrogen) atoms. The first-order chi connectivity index (χ1) is 8.56. The second kappa shape index (κ2) is 5.05. The topological polar surface area (TPSA) is 37.3 Å². The number of hydrogen-bond donors (Lipinski definition) is 1.